The Morgan fingerprint density at radius 2 is 1.62 bits per heavy atom. The summed E-state index contributed by atoms with van der Waals surface area (Å²) in [5.41, 5.74) is 3.35. The van der Waals surface area contributed by atoms with Crippen molar-refractivity contribution in [2.75, 3.05) is 12.5 Å². The van der Waals surface area contributed by atoms with E-state index in [1.807, 2.05) is 0 Å². The molecule has 0 bridgehead atoms. The van der Waals surface area contributed by atoms with E-state index in [2.05, 4.69) is 5.43 Å². The number of anilines is 1. The number of carbonyl (C=O) groups is 2. The molecule has 1 N–H and O–H groups in total. The van der Waals surface area contributed by atoms with Gasteiger partial charge in [0.05, 0.1) is 12.8 Å². The molecular formula is C11H14N2O3. The van der Waals surface area contributed by atoms with Crippen molar-refractivity contribution in [3.63, 3.8) is 0 Å². The molecule has 0 aromatic heterocycles. The minimum atomic E-state index is -0.358. The maximum Gasteiger partial charge on any atom is 0.244 e. The zero-order valence-corrected chi connectivity index (χ0v) is 9.48. The molecule has 0 radical (unpaired) electrons. The molecule has 0 aliphatic heterocycles. The molecule has 0 aliphatic carbocycles. The predicted octanol–water partition coefficient (Wildman–Crippen LogP) is 1.42. The van der Waals surface area contributed by atoms with Crippen molar-refractivity contribution in [2.45, 2.75) is 13.8 Å². The van der Waals surface area contributed by atoms with E-state index < -0.39 is 0 Å². The number of methoxy groups -OCH3 is 1. The van der Waals surface area contributed by atoms with Gasteiger partial charge in [0.2, 0.25) is 11.8 Å². The summed E-state index contributed by atoms with van der Waals surface area (Å²) >= 11 is 0. The summed E-state index contributed by atoms with van der Waals surface area (Å²) in [6.45, 7) is 2.63. The average molecular weight is 222 g/mol. The van der Waals surface area contributed by atoms with Crippen molar-refractivity contribution in [1.29, 1.82) is 0 Å². The summed E-state index contributed by atoms with van der Waals surface area (Å²) in [6, 6.07) is 6.91. The molecule has 86 valence electrons. The number of ether oxygens (including phenoxy) is 1. The third-order valence-electron chi connectivity index (χ3n) is 1.96. The van der Waals surface area contributed by atoms with Crippen LogP contribution < -0.4 is 10.2 Å². The Morgan fingerprint density at radius 1 is 1.12 bits per heavy atom. The Bertz CT molecular complexity index is 373. The van der Waals surface area contributed by atoms with Gasteiger partial charge in [0.15, 0.2) is 0 Å². The number of amides is 2. The standard InChI is InChI=1S/C11H14N2O3/c1-8(14)13(9(2)15)12-10-4-6-11(16-3)7-5-10/h4-7,12H,1-3H3. The van der Waals surface area contributed by atoms with Crippen LogP contribution >= 0.6 is 0 Å². The third kappa shape index (κ3) is 2.98. The lowest BCUT2D eigenvalue weighted by Crippen LogP contribution is -2.38. The van der Waals surface area contributed by atoms with Gasteiger partial charge in [0, 0.05) is 13.8 Å². The van der Waals surface area contributed by atoms with Gasteiger partial charge in [-0.2, -0.15) is 5.01 Å². The molecule has 0 unspecified atom stereocenters. The number of hydrazine groups is 1. The van der Waals surface area contributed by atoms with Gasteiger partial charge in [-0.1, -0.05) is 0 Å². The highest BCUT2D eigenvalue weighted by Gasteiger charge is 2.13. The van der Waals surface area contributed by atoms with Gasteiger partial charge in [-0.3, -0.25) is 15.0 Å². The summed E-state index contributed by atoms with van der Waals surface area (Å²) in [4.78, 5) is 22.3. The van der Waals surface area contributed by atoms with Crippen molar-refractivity contribution in [1.82, 2.24) is 5.01 Å². The fourth-order valence-electron chi connectivity index (χ4n) is 1.17. The second-order valence-corrected chi connectivity index (χ2v) is 3.21. The molecule has 5 nitrogen and oxygen atoms in total. The molecule has 16 heavy (non-hydrogen) atoms. The molecule has 0 spiro atoms. The molecule has 0 saturated heterocycles. The van der Waals surface area contributed by atoms with Crippen LogP contribution in [0.5, 0.6) is 5.75 Å². The van der Waals surface area contributed by atoms with Gasteiger partial charge in [-0.15, -0.1) is 0 Å². The molecule has 2 amide bonds. The molecule has 0 fully saturated rings. The van der Waals surface area contributed by atoms with Crippen molar-refractivity contribution in [2.24, 2.45) is 0 Å². The molecule has 5 heteroatoms. The molecule has 0 heterocycles. The Balaban J connectivity index is 2.77. The Kier molecular flexibility index (Phi) is 3.88. The van der Waals surface area contributed by atoms with E-state index in [-0.39, 0.29) is 11.8 Å². The van der Waals surface area contributed by atoms with Crippen molar-refractivity contribution >= 4 is 17.5 Å². The number of carbonyl (C=O) groups excluding carboxylic acids is 2. The highest BCUT2D eigenvalue weighted by molar-refractivity contribution is 5.94. The van der Waals surface area contributed by atoms with Crippen LogP contribution in [0.3, 0.4) is 0 Å². The lowest BCUT2D eigenvalue weighted by atomic mass is 10.3. The number of benzene rings is 1. The summed E-state index contributed by atoms with van der Waals surface area (Å²) in [5.74, 6) is -0.00520. The Labute approximate surface area is 94.0 Å². The minimum absolute atomic E-state index is 0.358. The smallest absolute Gasteiger partial charge is 0.244 e. The molecular weight excluding hydrogens is 208 g/mol. The maximum atomic E-state index is 11.1. The second-order valence-electron chi connectivity index (χ2n) is 3.21. The second kappa shape index (κ2) is 5.16. The fourth-order valence-corrected chi connectivity index (χ4v) is 1.17. The largest absolute Gasteiger partial charge is 0.497 e. The normalized spacial score (nSPS) is 9.44. The molecule has 1 aromatic carbocycles. The van der Waals surface area contributed by atoms with E-state index in [9.17, 15) is 9.59 Å². The fraction of sp³-hybridized carbons (Fsp3) is 0.273. The zero-order chi connectivity index (χ0) is 12.1. The molecule has 0 atom stereocenters. The number of imide groups is 1. The van der Waals surface area contributed by atoms with E-state index in [4.69, 9.17) is 4.74 Å². The minimum Gasteiger partial charge on any atom is -0.497 e. The molecule has 1 aromatic rings. The molecule has 0 saturated carbocycles. The zero-order valence-electron chi connectivity index (χ0n) is 9.48. The molecule has 1 rings (SSSR count). The number of nitrogens with zero attached hydrogens (tertiary/aromatic N) is 1. The first kappa shape index (κ1) is 12.0. The third-order valence-corrected chi connectivity index (χ3v) is 1.96. The summed E-state index contributed by atoms with van der Waals surface area (Å²) in [5, 5.41) is 0.946. The monoisotopic (exact) mass is 222 g/mol. The van der Waals surface area contributed by atoms with Crippen LogP contribution in [0.1, 0.15) is 13.8 Å². The first-order valence-corrected chi connectivity index (χ1v) is 4.76. The van der Waals surface area contributed by atoms with Gasteiger partial charge in [0.1, 0.15) is 5.75 Å². The van der Waals surface area contributed by atoms with Crippen molar-refractivity contribution < 1.29 is 14.3 Å². The highest BCUT2D eigenvalue weighted by Crippen LogP contribution is 2.15. The maximum absolute atomic E-state index is 11.1. The van der Waals surface area contributed by atoms with Gasteiger partial charge in [-0.05, 0) is 24.3 Å². The number of hydrogen-bond acceptors (Lipinski definition) is 4. The van der Waals surface area contributed by atoms with Crippen LogP contribution in [-0.2, 0) is 9.59 Å². The van der Waals surface area contributed by atoms with E-state index in [1.54, 1.807) is 31.4 Å². The van der Waals surface area contributed by atoms with E-state index in [0.29, 0.717) is 11.4 Å². The van der Waals surface area contributed by atoms with Crippen LogP contribution in [0.4, 0.5) is 5.69 Å². The predicted molar refractivity (Wildman–Crippen MR) is 59.8 cm³/mol. The first-order chi connectivity index (χ1) is 7.54. The number of rotatable bonds is 3. The van der Waals surface area contributed by atoms with Gasteiger partial charge in [0.25, 0.3) is 0 Å². The summed E-state index contributed by atoms with van der Waals surface area (Å²) in [7, 11) is 1.57. The SMILES string of the molecule is COc1ccc(NN(C(C)=O)C(C)=O)cc1. The van der Waals surface area contributed by atoms with E-state index >= 15 is 0 Å². The number of nitrogens with one attached hydrogen (secondary N) is 1. The van der Waals surface area contributed by atoms with E-state index in [0.717, 1.165) is 5.01 Å². The highest BCUT2D eigenvalue weighted by atomic mass is 16.5. The number of hydrogen-bond donors (Lipinski definition) is 1. The van der Waals surface area contributed by atoms with Crippen LogP contribution in [0.2, 0.25) is 0 Å². The van der Waals surface area contributed by atoms with Gasteiger partial charge < -0.3 is 4.74 Å². The summed E-state index contributed by atoms with van der Waals surface area (Å²) in [6.07, 6.45) is 0. The van der Waals surface area contributed by atoms with Gasteiger partial charge >= 0.3 is 0 Å². The van der Waals surface area contributed by atoms with Crippen LogP contribution in [0.25, 0.3) is 0 Å². The quantitative estimate of drug-likeness (QED) is 0.786. The van der Waals surface area contributed by atoms with Gasteiger partial charge in [-0.25, -0.2) is 0 Å². The lowest BCUT2D eigenvalue weighted by molar-refractivity contribution is -0.140. The Morgan fingerprint density at radius 3 is 2.00 bits per heavy atom. The van der Waals surface area contributed by atoms with Crippen molar-refractivity contribution in [3.8, 4) is 5.75 Å². The van der Waals surface area contributed by atoms with Crippen LogP contribution in [-0.4, -0.2) is 23.9 Å². The molecule has 0 aliphatic rings. The topological polar surface area (TPSA) is 58.6 Å². The van der Waals surface area contributed by atoms with Crippen LogP contribution in [0, 0.1) is 0 Å². The lowest BCUT2D eigenvalue weighted by Gasteiger charge is -2.19. The van der Waals surface area contributed by atoms with E-state index in [1.165, 1.54) is 13.8 Å². The van der Waals surface area contributed by atoms with Crippen LogP contribution in [0.15, 0.2) is 24.3 Å². The summed E-state index contributed by atoms with van der Waals surface area (Å²) < 4.78 is 4.99. The Hall–Kier alpha value is -2.04. The first-order valence-electron chi connectivity index (χ1n) is 4.76. The van der Waals surface area contributed by atoms with Crippen molar-refractivity contribution in [3.05, 3.63) is 24.3 Å². The average Bonchev–Trinajstić information content (AvgIpc) is 2.25.